The smallest absolute Gasteiger partial charge is 0.279 e. The van der Waals surface area contributed by atoms with E-state index in [4.69, 9.17) is 10.2 Å². The van der Waals surface area contributed by atoms with Crippen molar-refractivity contribution in [1.29, 1.82) is 0 Å². The number of nitrogens with zero attached hydrogens (tertiary/aromatic N) is 1. The molecule has 3 nitrogen and oxygen atoms in total. The van der Waals surface area contributed by atoms with Gasteiger partial charge < -0.3 is 14.6 Å². The Balaban J connectivity index is 4.40. The molecule has 9 heavy (non-hydrogen) atoms. The zero-order valence-corrected chi connectivity index (χ0v) is 7.38. The van der Waals surface area contributed by atoms with Gasteiger partial charge in [-0.25, -0.2) is 0 Å². The third kappa shape index (κ3) is 2.86. The van der Waals surface area contributed by atoms with Crippen molar-refractivity contribution in [3.8, 4) is 0 Å². The molecule has 0 aromatic carbocycles. The highest BCUT2D eigenvalue weighted by Gasteiger charge is 2.06. The van der Waals surface area contributed by atoms with Gasteiger partial charge >= 0.3 is 0 Å². The molecule has 0 aliphatic rings. The average Bonchev–Trinajstić information content (AvgIpc) is 1.62. The van der Waals surface area contributed by atoms with Gasteiger partial charge in [0.05, 0.1) is 0 Å². The number of aliphatic hydroxyl groups excluding tert-OH is 1. The van der Waals surface area contributed by atoms with E-state index in [1.54, 1.807) is 0 Å². The van der Waals surface area contributed by atoms with E-state index in [2.05, 4.69) is 15.8 Å². The molecule has 0 saturated carbocycles. The minimum atomic E-state index is -0.581. The second-order valence-electron chi connectivity index (χ2n) is 2.81. The lowest BCUT2D eigenvalue weighted by molar-refractivity contribution is -0.753. The highest BCUT2D eigenvalue weighted by molar-refractivity contribution is 9.24. The van der Waals surface area contributed by atoms with Crippen molar-refractivity contribution in [3.63, 3.8) is 0 Å². The molecule has 0 spiro atoms. The van der Waals surface area contributed by atoms with E-state index < -0.39 is 11.1 Å². The molecule has 2 N–H and O–H groups in total. The van der Waals surface area contributed by atoms with Crippen LogP contribution >= 0.6 is 15.8 Å². The molecule has 0 aromatic heterocycles. The number of hydrogen-bond acceptors (Lipinski definition) is 2. The van der Waals surface area contributed by atoms with Gasteiger partial charge in [-0.2, -0.15) is 0 Å². The van der Waals surface area contributed by atoms with Crippen molar-refractivity contribution in [2.75, 3.05) is 21.1 Å². The molecule has 0 radical (unpaired) electrons. The van der Waals surface area contributed by atoms with Crippen LogP contribution in [0.2, 0.25) is 0 Å². The summed E-state index contributed by atoms with van der Waals surface area (Å²) < 4.78 is 0.447. The van der Waals surface area contributed by atoms with E-state index >= 15 is 0 Å². The van der Waals surface area contributed by atoms with Crippen molar-refractivity contribution < 1.29 is 14.6 Å². The lowest BCUT2D eigenvalue weighted by Gasteiger charge is -2.34. The van der Waals surface area contributed by atoms with E-state index in [1.807, 2.05) is 21.1 Å². The average molecular weight is 196 g/mol. The standard InChI is InChI=1S/C4H11BBrNO2/c1-7(2,3)5(6)4(8)9/h8-9H,1-3H3. The fourth-order valence-electron chi connectivity index (χ4n) is 0.346. The summed E-state index contributed by atoms with van der Waals surface area (Å²) in [5, 5.41) is 16.7. The summed E-state index contributed by atoms with van der Waals surface area (Å²) in [4.78, 5) is 0. The predicted molar refractivity (Wildman–Crippen MR) is 41.6 cm³/mol. The highest BCUT2D eigenvalue weighted by Crippen LogP contribution is 1.97. The van der Waals surface area contributed by atoms with Crippen LogP contribution < -0.4 is 0 Å². The van der Waals surface area contributed by atoms with Gasteiger partial charge in [0.15, 0.2) is 0 Å². The van der Waals surface area contributed by atoms with Crippen molar-refractivity contribution in [1.82, 2.24) is 0 Å². The van der Waals surface area contributed by atoms with Gasteiger partial charge in [-0.3, -0.25) is 15.8 Å². The minimum Gasteiger partial charge on any atom is -0.517 e. The molecule has 54 valence electrons. The number of rotatable bonds is 1. The Bertz CT molecular complexity index is 136. The van der Waals surface area contributed by atoms with E-state index in [-0.39, 0.29) is 0 Å². The Kier molecular flexibility index (Phi) is 2.70. The van der Waals surface area contributed by atoms with Crippen LogP contribution in [0.5, 0.6) is 0 Å². The van der Waals surface area contributed by atoms with Crippen LogP contribution in [-0.4, -0.2) is 46.9 Å². The molecule has 0 amide bonds. The molecular formula is C4H11BBrNO2. The molecule has 0 rings (SSSR count). The van der Waals surface area contributed by atoms with Crippen molar-refractivity contribution in [2.45, 2.75) is 0 Å². The molecular weight excluding hydrogens is 185 g/mol. The highest BCUT2D eigenvalue weighted by atomic mass is 79.9. The minimum absolute atomic E-state index is 0.405. The first kappa shape index (κ1) is 8.97. The Morgan fingerprint density at radius 3 is 1.67 bits per heavy atom. The fraction of sp³-hybridized carbons (Fsp3) is 0.750. The van der Waals surface area contributed by atoms with Crippen LogP contribution in [0.1, 0.15) is 0 Å². The molecule has 0 saturated heterocycles. The molecule has 0 aromatic rings. The van der Waals surface area contributed by atoms with Crippen LogP contribution in [0.25, 0.3) is 0 Å². The van der Waals surface area contributed by atoms with Crippen molar-refractivity contribution >= 4 is 26.9 Å². The zero-order chi connectivity index (χ0) is 7.65. The third-order valence-electron chi connectivity index (χ3n) is 0.893. The lowest BCUT2D eigenvalue weighted by atomic mass is 10.1. The Hall–Kier alpha value is -0.0251. The summed E-state index contributed by atoms with van der Waals surface area (Å²) in [6.45, 7) is 0. The predicted octanol–water partition coefficient (Wildman–Crippen LogP) is -0.0102. The van der Waals surface area contributed by atoms with Crippen LogP contribution in [0.15, 0.2) is 0 Å². The van der Waals surface area contributed by atoms with E-state index in [9.17, 15) is 0 Å². The summed E-state index contributed by atoms with van der Waals surface area (Å²) in [7, 11) is 5.56. The third-order valence-corrected chi connectivity index (χ3v) is 2.53. The van der Waals surface area contributed by atoms with Crippen LogP contribution in [0, 0.1) is 0 Å². The maximum absolute atomic E-state index is 8.57. The molecule has 0 aliphatic heterocycles. The summed E-state index contributed by atoms with van der Waals surface area (Å²) in [5.74, 6) is -0.581. The van der Waals surface area contributed by atoms with Crippen LogP contribution in [-0.2, 0) is 0 Å². The Labute approximate surface area is 63.2 Å². The van der Waals surface area contributed by atoms with Gasteiger partial charge in [0.2, 0.25) is 0 Å². The van der Waals surface area contributed by atoms with E-state index in [0.717, 1.165) is 0 Å². The lowest BCUT2D eigenvalue weighted by Crippen LogP contribution is -2.43. The van der Waals surface area contributed by atoms with Crippen molar-refractivity contribution in [3.05, 3.63) is 0 Å². The van der Waals surface area contributed by atoms with Gasteiger partial charge in [-0.05, 0) is 0 Å². The summed E-state index contributed by atoms with van der Waals surface area (Å²) in [6, 6.07) is 0. The Morgan fingerprint density at radius 1 is 1.33 bits per heavy atom. The SMILES string of the molecule is C[N+](C)(C)[B-](Br)=C(O)O. The summed E-state index contributed by atoms with van der Waals surface area (Å²) >= 11 is 3.10. The molecule has 0 fully saturated rings. The second kappa shape index (κ2) is 2.71. The first-order valence-electron chi connectivity index (χ1n) is 2.55. The summed E-state index contributed by atoms with van der Waals surface area (Å²) in [5.41, 5.74) is 0. The van der Waals surface area contributed by atoms with Gasteiger partial charge in [-0.1, -0.05) is 0 Å². The largest absolute Gasteiger partial charge is 0.517 e. The quantitative estimate of drug-likeness (QED) is 0.579. The molecule has 0 heterocycles. The van der Waals surface area contributed by atoms with Gasteiger partial charge in [-0.15, -0.1) is 0 Å². The maximum atomic E-state index is 8.57. The summed E-state index contributed by atoms with van der Waals surface area (Å²) in [6.07, 6.45) is 0. The second-order valence-corrected chi connectivity index (χ2v) is 3.68. The normalized spacial score (nSPS) is 11.1. The number of hydrogen-bond donors (Lipinski definition) is 2. The fourth-order valence-corrected chi connectivity index (χ4v) is 0.346. The monoisotopic (exact) mass is 195 g/mol. The van der Waals surface area contributed by atoms with Gasteiger partial charge in [0.1, 0.15) is 5.84 Å². The van der Waals surface area contributed by atoms with E-state index in [0.29, 0.717) is 4.39 Å². The first-order valence-corrected chi connectivity index (χ1v) is 3.47. The zero-order valence-electron chi connectivity index (χ0n) is 5.80. The van der Waals surface area contributed by atoms with Gasteiger partial charge in [0.25, 0.3) is 5.31 Å². The number of quaternary nitrogens is 1. The van der Waals surface area contributed by atoms with Crippen LogP contribution in [0.4, 0.5) is 0 Å². The first-order chi connectivity index (χ1) is 3.85. The van der Waals surface area contributed by atoms with Crippen LogP contribution in [0.3, 0.4) is 0 Å². The molecule has 0 unspecified atom stereocenters. The van der Waals surface area contributed by atoms with Gasteiger partial charge in [0, 0.05) is 21.1 Å². The molecule has 0 bridgehead atoms. The molecule has 5 heteroatoms. The van der Waals surface area contributed by atoms with E-state index in [1.165, 1.54) is 0 Å². The molecule has 0 aliphatic carbocycles. The maximum Gasteiger partial charge on any atom is 0.279 e. The molecule has 0 atom stereocenters. The number of aliphatic hydroxyl groups is 2. The Morgan fingerprint density at radius 2 is 1.67 bits per heavy atom. The number of halogens is 1. The van der Waals surface area contributed by atoms with Crippen molar-refractivity contribution in [2.24, 2.45) is 0 Å². The topological polar surface area (TPSA) is 40.5 Å².